The highest BCUT2D eigenvalue weighted by atomic mass is 16.4. The number of carbonyl (C=O) groups is 2. The maximum absolute atomic E-state index is 11.8. The van der Waals surface area contributed by atoms with E-state index in [9.17, 15) is 9.59 Å². The molecule has 0 aromatic carbocycles. The van der Waals surface area contributed by atoms with Gasteiger partial charge < -0.3 is 10.4 Å². The summed E-state index contributed by atoms with van der Waals surface area (Å²) in [6, 6.07) is 0. The molecule has 4 heteroatoms. The highest BCUT2D eigenvalue weighted by Gasteiger charge is 2.50. The fraction of sp³-hybridized carbons (Fsp3) is 0.667. The van der Waals surface area contributed by atoms with E-state index < -0.39 is 11.4 Å². The van der Waals surface area contributed by atoms with E-state index in [2.05, 4.69) is 11.4 Å². The Morgan fingerprint density at radius 3 is 2.62 bits per heavy atom. The van der Waals surface area contributed by atoms with Gasteiger partial charge in [0, 0.05) is 12.5 Å². The summed E-state index contributed by atoms with van der Waals surface area (Å²) in [4.78, 5) is 22.7. The molecule has 0 spiro atoms. The molecule has 0 aromatic rings. The first-order valence-electron chi connectivity index (χ1n) is 5.80. The van der Waals surface area contributed by atoms with E-state index in [0.717, 1.165) is 19.3 Å². The number of rotatable bonds is 4. The maximum atomic E-state index is 11.8. The fourth-order valence-corrected chi connectivity index (χ4v) is 2.05. The number of hydrogen-bond donors (Lipinski definition) is 2. The summed E-state index contributed by atoms with van der Waals surface area (Å²) < 4.78 is 0. The van der Waals surface area contributed by atoms with Crippen molar-refractivity contribution in [1.29, 1.82) is 0 Å². The molecule has 1 fully saturated rings. The van der Waals surface area contributed by atoms with E-state index in [1.165, 1.54) is 0 Å². The smallest absolute Gasteiger partial charge is 0.311 e. The van der Waals surface area contributed by atoms with Crippen molar-refractivity contribution in [3.63, 3.8) is 0 Å². The lowest BCUT2D eigenvalue weighted by atomic mass is 9.93. The van der Waals surface area contributed by atoms with Gasteiger partial charge in [-0.05, 0) is 32.1 Å². The van der Waals surface area contributed by atoms with E-state index >= 15 is 0 Å². The van der Waals surface area contributed by atoms with Crippen molar-refractivity contribution >= 4 is 11.9 Å². The number of nitrogens with one attached hydrogen (secondary N) is 1. The first kappa shape index (κ1) is 11.2. The van der Waals surface area contributed by atoms with E-state index in [1.807, 2.05) is 6.08 Å². The quantitative estimate of drug-likeness (QED) is 0.706. The number of hydrogen-bond acceptors (Lipinski definition) is 2. The number of amides is 1. The zero-order valence-electron chi connectivity index (χ0n) is 9.24. The molecule has 0 radical (unpaired) electrons. The van der Waals surface area contributed by atoms with Crippen LogP contribution in [-0.2, 0) is 9.59 Å². The van der Waals surface area contributed by atoms with Crippen LogP contribution in [0.5, 0.6) is 0 Å². The van der Waals surface area contributed by atoms with Gasteiger partial charge in [0.05, 0.1) is 5.41 Å². The summed E-state index contributed by atoms with van der Waals surface area (Å²) >= 11 is 0. The Kier molecular flexibility index (Phi) is 2.99. The molecule has 2 aliphatic rings. The van der Waals surface area contributed by atoms with Crippen molar-refractivity contribution in [3.05, 3.63) is 12.2 Å². The molecule has 2 rings (SSSR count). The average Bonchev–Trinajstić information content (AvgIpc) is 3.08. The molecule has 4 nitrogen and oxygen atoms in total. The summed E-state index contributed by atoms with van der Waals surface area (Å²) in [5.74, 6) is -0.734. The molecule has 0 aromatic heterocycles. The van der Waals surface area contributed by atoms with E-state index in [-0.39, 0.29) is 11.8 Å². The van der Waals surface area contributed by atoms with Gasteiger partial charge in [-0.1, -0.05) is 12.2 Å². The van der Waals surface area contributed by atoms with Crippen LogP contribution in [0.3, 0.4) is 0 Å². The summed E-state index contributed by atoms with van der Waals surface area (Å²) in [5, 5.41) is 11.7. The highest BCUT2D eigenvalue weighted by Crippen LogP contribution is 2.45. The minimum Gasteiger partial charge on any atom is -0.481 e. The monoisotopic (exact) mass is 223 g/mol. The molecular formula is C12H17NO3. The lowest BCUT2D eigenvalue weighted by Gasteiger charge is -2.18. The van der Waals surface area contributed by atoms with Crippen LogP contribution in [0, 0.1) is 11.3 Å². The lowest BCUT2D eigenvalue weighted by Crippen LogP contribution is -2.38. The zero-order valence-corrected chi connectivity index (χ0v) is 9.24. The zero-order chi connectivity index (χ0) is 11.6. The minimum absolute atomic E-state index is 0.0110. The van der Waals surface area contributed by atoms with Gasteiger partial charge in [-0.25, -0.2) is 0 Å². The number of carbonyl (C=O) groups excluding carboxylic acids is 1. The Bertz CT molecular complexity index is 331. The van der Waals surface area contributed by atoms with Crippen LogP contribution >= 0.6 is 0 Å². The SMILES string of the molecule is O=C(NCC1(C(=O)O)CC1)C1CC=CCC1. The van der Waals surface area contributed by atoms with Gasteiger partial charge in [0.25, 0.3) is 0 Å². The van der Waals surface area contributed by atoms with Crippen LogP contribution in [0.25, 0.3) is 0 Å². The lowest BCUT2D eigenvalue weighted by molar-refractivity contribution is -0.143. The summed E-state index contributed by atoms with van der Waals surface area (Å²) in [6.45, 7) is 0.293. The predicted molar refractivity (Wildman–Crippen MR) is 58.8 cm³/mol. The van der Waals surface area contributed by atoms with Crippen molar-refractivity contribution in [1.82, 2.24) is 5.32 Å². The van der Waals surface area contributed by atoms with Gasteiger partial charge in [0.2, 0.25) is 5.91 Å². The number of aliphatic carboxylic acids is 1. The molecule has 88 valence electrons. The van der Waals surface area contributed by atoms with Gasteiger partial charge in [-0.3, -0.25) is 9.59 Å². The van der Waals surface area contributed by atoms with Crippen LogP contribution in [0.2, 0.25) is 0 Å². The first-order valence-corrected chi connectivity index (χ1v) is 5.80. The average molecular weight is 223 g/mol. The second-order valence-corrected chi connectivity index (χ2v) is 4.78. The van der Waals surface area contributed by atoms with E-state index in [1.54, 1.807) is 0 Å². The predicted octanol–water partition coefficient (Wildman–Crippen LogP) is 1.32. The van der Waals surface area contributed by atoms with Crippen molar-refractivity contribution in [2.24, 2.45) is 11.3 Å². The van der Waals surface area contributed by atoms with Crippen LogP contribution in [0.4, 0.5) is 0 Å². The molecule has 1 amide bonds. The molecule has 2 N–H and O–H groups in total. The molecule has 2 aliphatic carbocycles. The summed E-state index contributed by atoms with van der Waals surface area (Å²) in [7, 11) is 0. The van der Waals surface area contributed by atoms with Crippen molar-refractivity contribution in [2.45, 2.75) is 32.1 Å². The van der Waals surface area contributed by atoms with Crippen LogP contribution in [0.1, 0.15) is 32.1 Å². The van der Waals surface area contributed by atoms with Crippen LogP contribution < -0.4 is 5.32 Å². The summed E-state index contributed by atoms with van der Waals surface area (Å²) in [5.41, 5.74) is -0.653. The maximum Gasteiger partial charge on any atom is 0.311 e. The van der Waals surface area contributed by atoms with Crippen LogP contribution in [-0.4, -0.2) is 23.5 Å². The molecule has 0 saturated heterocycles. The van der Waals surface area contributed by atoms with Crippen LogP contribution in [0.15, 0.2) is 12.2 Å². The molecule has 0 bridgehead atoms. The Balaban J connectivity index is 1.80. The van der Waals surface area contributed by atoms with Crippen molar-refractivity contribution in [2.75, 3.05) is 6.54 Å². The molecular weight excluding hydrogens is 206 g/mol. The van der Waals surface area contributed by atoms with Crippen molar-refractivity contribution in [3.8, 4) is 0 Å². The molecule has 1 atom stereocenters. The van der Waals surface area contributed by atoms with Gasteiger partial charge in [0.15, 0.2) is 0 Å². The number of carboxylic acid groups (broad SMARTS) is 1. The molecule has 16 heavy (non-hydrogen) atoms. The van der Waals surface area contributed by atoms with Gasteiger partial charge in [0.1, 0.15) is 0 Å². The first-order chi connectivity index (χ1) is 7.64. The standard InChI is InChI=1S/C12H17NO3/c14-10(9-4-2-1-3-5-9)13-8-12(6-7-12)11(15)16/h1-2,9H,3-8H2,(H,13,14)(H,15,16). The molecule has 0 aliphatic heterocycles. The normalized spacial score (nSPS) is 26.1. The topological polar surface area (TPSA) is 66.4 Å². The third kappa shape index (κ3) is 2.26. The number of carboxylic acids is 1. The Hall–Kier alpha value is -1.32. The second kappa shape index (κ2) is 4.28. The Morgan fingerprint density at radius 2 is 2.12 bits per heavy atom. The largest absolute Gasteiger partial charge is 0.481 e. The van der Waals surface area contributed by atoms with Crippen molar-refractivity contribution < 1.29 is 14.7 Å². The van der Waals surface area contributed by atoms with Gasteiger partial charge in [-0.2, -0.15) is 0 Å². The Morgan fingerprint density at radius 1 is 1.38 bits per heavy atom. The number of allylic oxidation sites excluding steroid dienone is 2. The second-order valence-electron chi connectivity index (χ2n) is 4.78. The minimum atomic E-state index is -0.781. The third-order valence-corrected chi connectivity index (χ3v) is 3.55. The van der Waals surface area contributed by atoms with Gasteiger partial charge >= 0.3 is 5.97 Å². The summed E-state index contributed by atoms with van der Waals surface area (Å²) in [6.07, 6.45) is 8.10. The fourth-order valence-electron chi connectivity index (χ4n) is 2.05. The van der Waals surface area contributed by atoms with Gasteiger partial charge in [-0.15, -0.1) is 0 Å². The van der Waals surface area contributed by atoms with E-state index in [4.69, 9.17) is 5.11 Å². The molecule has 0 heterocycles. The molecule has 1 saturated carbocycles. The highest BCUT2D eigenvalue weighted by molar-refractivity contribution is 5.82. The Labute approximate surface area is 94.7 Å². The van der Waals surface area contributed by atoms with E-state index in [0.29, 0.717) is 19.4 Å². The molecule has 1 unspecified atom stereocenters. The third-order valence-electron chi connectivity index (χ3n) is 3.55.